The second-order valence-electron chi connectivity index (χ2n) is 6.10. The lowest BCUT2D eigenvalue weighted by atomic mass is 10.2. The maximum Gasteiger partial charge on any atom is 0.294 e. The standard InChI is InChI=1S/C20H15Cl2FN4O4/c21-13-5-11(8-24)6-14(7-13)31-18-15(22)2-1-12(17(18)23)9-25-19(29)16-10-26-20(27-16)30-4-3-28/h1-2,5-7,10,28H,3-4,9H2,(H,25,29)(H,26,27). The highest BCUT2D eigenvalue weighted by atomic mass is 35.5. The van der Waals surface area contributed by atoms with Crippen molar-refractivity contribution < 1.29 is 23.8 Å². The summed E-state index contributed by atoms with van der Waals surface area (Å²) in [5, 5.41) is 20.6. The topological polar surface area (TPSA) is 120 Å². The Morgan fingerprint density at radius 2 is 2.13 bits per heavy atom. The zero-order chi connectivity index (χ0) is 22.4. The summed E-state index contributed by atoms with van der Waals surface area (Å²) in [5.41, 5.74) is 0.456. The van der Waals surface area contributed by atoms with Gasteiger partial charge in [-0.15, -0.1) is 0 Å². The van der Waals surface area contributed by atoms with Gasteiger partial charge in [-0.3, -0.25) is 4.79 Å². The monoisotopic (exact) mass is 464 g/mol. The Morgan fingerprint density at radius 3 is 2.87 bits per heavy atom. The van der Waals surface area contributed by atoms with Gasteiger partial charge < -0.3 is 24.9 Å². The van der Waals surface area contributed by atoms with Gasteiger partial charge in [0, 0.05) is 17.1 Å². The molecule has 0 unspecified atom stereocenters. The van der Waals surface area contributed by atoms with Crippen molar-refractivity contribution in [2.24, 2.45) is 0 Å². The first kappa shape index (κ1) is 22.4. The van der Waals surface area contributed by atoms with Crippen LogP contribution in [0.25, 0.3) is 0 Å². The number of imidazole rings is 1. The van der Waals surface area contributed by atoms with Crippen LogP contribution < -0.4 is 14.8 Å². The van der Waals surface area contributed by atoms with Crippen molar-refractivity contribution in [3.05, 3.63) is 69.2 Å². The van der Waals surface area contributed by atoms with Crippen LogP contribution in [0.3, 0.4) is 0 Å². The molecule has 2 aromatic carbocycles. The molecule has 1 heterocycles. The number of hydrogen-bond acceptors (Lipinski definition) is 6. The number of aliphatic hydroxyl groups excluding tert-OH is 1. The molecule has 0 fully saturated rings. The van der Waals surface area contributed by atoms with Crippen LogP contribution in [0, 0.1) is 17.1 Å². The van der Waals surface area contributed by atoms with E-state index >= 15 is 0 Å². The quantitative estimate of drug-likeness (QED) is 0.465. The molecule has 0 aliphatic heterocycles. The van der Waals surface area contributed by atoms with Gasteiger partial charge in [0.25, 0.3) is 11.9 Å². The summed E-state index contributed by atoms with van der Waals surface area (Å²) in [6.45, 7) is -0.339. The van der Waals surface area contributed by atoms with Crippen LogP contribution in [0.5, 0.6) is 17.5 Å². The van der Waals surface area contributed by atoms with Gasteiger partial charge in [-0.05, 0) is 24.3 Å². The van der Waals surface area contributed by atoms with E-state index in [1.165, 1.54) is 36.5 Å². The van der Waals surface area contributed by atoms with Crippen molar-refractivity contribution in [2.45, 2.75) is 6.54 Å². The van der Waals surface area contributed by atoms with Crippen molar-refractivity contribution in [2.75, 3.05) is 13.2 Å². The number of rotatable bonds is 8. The molecule has 0 bridgehead atoms. The van der Waals surface area contributed by atoms with Crippen LogP contribution in [-0.4, -0.2) is 34.2 Å². The van der Waals surface area contributed by atoms with Crippen molar-refractivity contribution in [3.63, 3.8) is 0 Å². The number of H-pyrrole nitrogens is 1. The molecule has 0 spiro atoms. The lowest BCUT2D eigenvalue weighted by Gasteiger charge is -2.13. The third-order valence-electron chi connectivity index (χ3n) is 3.92. The Morgan fingerprint density at radius 1 is 1.32 bits per heavy atom. The molecular weight excluding hydrogens is 450 g/mol. The zero-order valence-electron chi connectivity index (χ0n) is 15.8. The Bertz CT molecular complexity index is 1150. The van der Waals surface area contributed by atoms with E-state index < -0.39 is 11.7 Å². The molecule has 160 valence electrons. The number of nitrogens with one attached hydrogen (secondary N) is 2. The van der Waals surface area contributed by atoms with E-state index in [2.05, 4.69) is 15.3 Å². The van der Waals surface area contributed by atoms with Crippen LogP contribution >= 0.6 is 23.2 Å². The smallest absolute Gasteiger partial charge is 0.294 e. The number of carbonyl (C=O) groups is 1. The number of aromatic nitrogens is 2. The zero-order valence-corrected chi connectivity index (χ0v) is 17.3. The number of carbonyl (C=O) groups excluding carboxylic acids is 1. The molecule has 0 saturated heterocycles. The van der Waals surface area contributed by atoms with Gasteiger partial charge in [-0.1, -0.05) is 29.3 Å². The fraction of sp³-hybridized carbons (Fsp3) is 0.150. The summed E-state index contributed by atoms with van der Waals surface area (Å²) < 4.78 is 25.6. The van der Waals surface area contributed by atoms with Crippen LogP contribution in [0.15, 0.2) is 36.5 Å². The Labute approximate surface area is 186 Å². The van der Waals surface area contributed by atoms with Crippen molar-refractivity contribution >= 4 is 29.1 Å². The normalized spacial score (nSPS) is 10.4. The third-order valence-corrected chi connectivity index (χ3v) is 4.43. The lowest BCUT2D eigenvalue weighted by Crippen LogP contribution is -2.23. The van der Waals surface area contributed by atoms with Crippen molar-refractivity contribution in [1.82, 2.24) is 15.3 Å². The van der Waals surface area contributed by atoms with Gasteiger partial charge in [-0.2, -0.15) is 5.26 Å². The average Bonchev–Trinajstić information content (AvgIpc) is 3.23. The minimum Gasteiger partial charge on any atom is -0.462 e. The highest BCUT2D eigenvalue weighted by molar-refractivity contribution is 6.32. The maximum atomic E-state index is 15.0. The first-order valence-electron chi connectivity index (χ1n) is 8.83. The molecule has 3 aromatic rings. The minimum atomic E-state index is -0.775. The predicted molar refractivity (Wildman–Crippen MR) is 110 cm³/mol. The van der Waals surface area contributed by atoms with Crippen LogP contribution in [-0.2, 0) is 6.54 Å². The molecule has 3 rings (SSSR count). The molecule has 1 aromatic heterocycles. The summed E-state index contributed by atoms with van der Waals surface area (Å²) in [6, 6.07) is 9.09. The number of benzene rings is 2. The molecule has 8 nitrogen and oxygen atoms in total. The molecule has 3 N–H and O–H groups in total. The van der Waals surface area contributed by atoms with Crippen molar-refractivity contribution in [1.29, 1.82) is 5.26 Å². The highest BCUT2D eigenvalue weighted by Crippen LogP contribution is 2.35. The number of ether oxygens (including phenoxy) is 2. The van der Waals surface area contributed by atoms with Gasteiger partial charge >= 0.3 is 0 Å². The molecular formula is C20H15Cl2FN4O4. The summed E-state index contributed by atoms with van der Waals surface area (Å²) in [4.78, 5) is 18.7. The van der Waals surface area contributed by atoms with Gasteiger partial charge in [-0.25, -0.2) is 9.37 Å². The van der Waals surface area contributed by atoms with Crippen LogP contribution in [0.1, 0.15) is 21.6 Å². The van der Waals surface area contributed by atoms with Gasteiger partial charge in [0.2, 0.25) is 0 Å². The summed E-state index contributed by atoms with van der Waals surface area (Å²) in [5.74, 6) is -1.45. The fourth-order valence-corrected chi connectivity index (χ4v) is 2.92. The summed E-state index contributed by atoms with van der Waals surface area (Å²) >= 11 is 12.0. The highest BCUT2D eigenvalue weighted by Gasteiger charge is 2.17. The number of amides is 1. The molecule has 0 aliphatic rings. The van der Waals surface area contributed by atoms with E-state index in [0.717, 1.165) is 0 Å². The van der Waals surface area contributed by atoms with Gasteiger partial charge in [0.15, 0.2) is 11.6 Å². The molecule has 0 radical (unpaired) electrons. The van der Waals surface area contributed by atoms with Crippen molar-refractivity contribution in [3.8, 4) is 23.6 Å². The molecule has 11 heteroatoms. The van der Waals surface area contributed by atoms with E-state index in [0.29, 0.717) is 0 Å². The fourth-order valence-electron chi connectivity index (χ4n) is 2.51. The number of hydrogen-bond donors (Lipinski definition) is 3. The molecule has 1 amide bonds. The number of nitriles is 1. The van der Waals surface area contributed by atoms with E-state index in [-0.39, 0.29) is 64.1 Å². The maximum absolute atomic E-state index is 15.0. The predicted octanol–water partition coefficient (Wildman–Crippen LogP) is 3.82. The average molecular weight is 465 g/mol. The number of halogens is 3. The lowest BCUT2D eigenvalue weighted by molar-refractivity contribution is 0.0945. The second kappa shape index (κ2) is 10.1. The number of aliphatic hydroxyl groups is 1. The van der Waals surface area contributed by atoms with E-state index in [1.54, 1.807) is 0 Å². The van der Waals surface area contributed by atoms with E-state index in [9.17, 15) is 9.18 Å². The molecule has 0 atom stereocenters. The SMILES string of the molecule is N#Cc1cc(Cl)cc(Oc2c(Cl)ccc(CNC(=O)c3cnc(OCCO)[nH]3)c2F)c1. The minimum absolute atomic E-state index is 0.00491. The first-order chi connectivity index (χ1) is 14.9. The number of aromatic amines is 1. The molecule has 0 saturated carbocycles. The van der Waals surface area contributed by atoms with Crippen LogP contribution in [0.4, 0.5) is 4.39 Å². The molecule has 0 aliphatic carbocycles. The van der Waals surface area contributed by atoms with E-state index in [1.807, 2.05) is 6.07 Å². The Hall–Kier alpha value is -3.32. The Kier molecular flexibility index (Phi) is 7.31. The number of nitrogens with zero attached hydrogens (tertiary/aromatic N) is 2. The largest absolute Gasteiger partial charge is 0.462 e. The van der Waals surface area contributed by atoms with E-state index in [4.69, 9.17) is 43.0 Å². The molecule has 31 heavy (non-hydrogen) atoms. The third kappa shape index (κ3) is 5.64. The Balaban J connectivity index is 1.73. The summed E-state index contributed by atoms with van der Waals surface area (Å²) in [6.07, 6.45) is 1.25. The summed E-state index contributed by atoms with van der Waals surface area (Å²) in [7, 11) is 0. The van der Waals surface area contributed by atoms with Crippen LogP contribution in [0.2, 0.25) is 10.0 Å². The van der Waals surface area contributed by atoms with Gasteiger partial charge in [0.1, 0.15) is 18.1 Å². The second-order valence-corrected chi connectivity index (χ2v) is 6.94. The van der Waals surface area contributed by atoms with Gasteiger partial charge in [0.05, 0.1) is 29.5 Å². The first-order valence-corrected chi connectivity index (χ1v) is 9.59.